The van der Waals surface area contributed by atoms with Crippen LogP contribution >= 0.6 is 0 Å². The number of hydrogen-bond acceptors (Lipinski definition) is 6. The Morgan fingerprint density at radius 1 is 1.26 bits per heavy atom. The van der Waals surface area contributed by atoms with E-state index in [9.17, 15) is 4.79 Å². The molecule has 1 aliphatic rings. The maximum Gasteiger partial charge on any atom is 0.274 e. The average molecular weight is 363 g/mol. The van der Waals surface area contributed by atoms with E-state index in [0.29, 0.717) is 29.6 Å². The van der Waals surface area contributed by atoms with Crippen LogP contribution in [0.1, 0.15) is 29.2 Å². The standard InChI is InChI=1S/C20H21N5O2/c1-13-23-17(11-18(24-13)22-12-15-7-4-10-27-15)20(26)25-16-8-2-5-14-6-3-9-21-19(14)16/h2-3,5-6,8-9,11,15H,4,7,10,12H2,1H3,(H,25,26)(H,22,23,24). The van der Waals surface area contributed by atoms with Gasteiger partial charge >= 0.3 is 0 Å². The smallest absolute Gasteiger partial charge is 0.274 e. The molecule has 2 aromatic heterocycles. The van der Waals surface area contributed by atoms with Crippen molar-refractivity contribution in [3.8, 4) is 0 Å². The van der Waals surface area contributed by atoms with E-state index in [-0.39, 0.29) is 12.0 Å². The molecule has 0 saturated carbocycles. The molecule has 7 nitrogen and oxygen atoms in total. The van der Waals surface area contributed by atoms with Gasteiger partial charge in [-0.15, -0.1) is 0 Å². The summed E-state index contributed by atoms with van der Waals surface area (Å²) >= 11 is 0. The second-order valence-corrected chi connectivity index (χ2v) is 6.54. The SMILES string of the molecule is Cc1nc(NCC2CCCO2)cc(C(=O)Nc2cccc3cccnc23)n1. The predicted octanol–water partition coefficient (Wildman–Crippen LogP) is 3.18. The highest BCUT2D eigenvalue weighted by Gasteiger charge is 2.17. The molecule has 1 unspecified atom stereocenters. The minimum Gasteiger partial charge on any atom is -0.376 e. The number of fused-ring (bicyclic) bond motifs is 1. The number of anilines is 2. The van der Waals surface area contributed by atoms with Crippen LogP contribution < -0.4 is 10.6 Å². The van der Waals surface area contributed by atoms with Crippen molar-refractivity contribution in [3.05, 3.63) is 54.1 Å². The van der Waals surface area contributed by atoms with Crippen LogP contribution in [-0.4, -0.2) is 40.1 Å². The quantitative estimate of drug-likeness (QED) is 0.724. The van der Waals surface area contributed by atoms with Crippen molar-refractivity contribution >= 4 is 28.3 Å². The number of benzene rings is 1. The lowest BCUT2D eigenvalue weighted by Crippen LogP contribution is -2.20. The minimum absolute atomic E-state index is 0.194. The van der Waals surface area contributed by atoms with Gasteiger partial charge < -0.3 is 15.4 Å². The fraction of sp³-hybridized carbons (Fsp3) is 0.300. The number of rotatable bonds is 5. The molecule has 4 rings (SSSR count). The average Bonchev–Trinajstić information content (AvgIpc) is 3.20. The van der Waals surface area contributed by atoms with Crippen molar-refractivity contribution in [2.24, 2.45) is 0 Å². The Labute approximate surface area is 157 Å². The van der Waals surface area contributed by atoms with E-state index in [0.717, 1.165) is 30.4 Å². The first-order chi connectivity index (χ1) is 13.2. The maximum absolute atomic E-state index is 12.7. The van der Waals surface area contributed by atoms with E-state index in [1.165, 1.54) is 0 Å². The van der Waals surface area contributed by atoms with Gasteiger partial charge in [0.05, 0.1) is 17.3 Å². The number of carbonyl (C=O) groups excluding carboxylic acids is 1. The first-order valence-electron chi connectivity index (χ1n) is 9.05. The highest BCUT2D eigenvalue weighted by atomic mass is 16.5. The second kappa shape index (κ2) is 7.67. The van der Waals surface area contributed by atoms with Crippen LogP contribution in [-0.2, 0) is 4.74 Å². The van der Waals surface area contributed by atoms with Gasteiger partial charge in [-0.1, -0.05) is 18.2 Å². The molecule has 3 heterocycles. The summed E-state index contributed by atoms with van der Waals surface area (Å²) in [5, 5.41) is 7.12. The largest absolute Gasteiger partial charge is 0.376 e. The van der Waals surface area contributed by atoms with Crippen molar-refractivity contribution < 1.29 is 9.53 Å². The lowest BCUT2D eigenvalue weighted by molar-refractivity contribution is 0.102. The molecule has 1 atom stereocenters. The molecule has 7 heteroatoms. The summed E-state index contributed by atoms with van der Waals surface area (Å²) < 4.78 is 5.61. The van der Waals surface area contributed by atoms with Crippen LogP contribution in [0.2, 0.25) is 0 Å². The van der Waals surface area contributed by atoms with E-state index in [4.69, 9.17) is 4.74 Å². The first kappa shape index (κ1) is 17.4. The monoisotopic (exact) mass is 363 g/mol. The number of para-hydroxylation sites is 1. The topological polar surface area (TPSA) is 89.0 Å². The molecule has 1 aromatic carbocycles. The predicted molar refractivity (Wildman–Crippen MR) is 104 cm³/mol. The number of aromatic nitrogens is 3. The Morgan fingerprint density at radius 2 is 2.15 bits per heavy atom. The van der Waals surface area contributed by atoms with Gasteiger partial charge in [0, 0.05) is 30.8 Å². The number of carbonyl (C=O) groups is 1. The molecular weight excluding hydrogens is 342 g/mol. The first-order valence-corrected chi connectivity index (χ1v) is 9.05. The molecule has 0 radical (unpaired) electrons. The third-order valence-corrected chi connectivity index (χ3v) is 4.49. The van der Waals surface area contributed by atoms with Crippen LogP contribution in [0.4, 0.5) is 11.5 Å². The van der Waals surface area contributed by atoms with E-state index in [1.54, 1.807) is 19.2 Å². The normalized spacial score (nSPS) is 16.4. The molecule has 2 N–H and O–H groups in total. The molecule has 3 aromatic rings. The molecule has 1 fully saturated rings. The van der Waals surface area contributed by atoms with Gasteiger partial charge in [0.2, 0.25) is 0 Å². The Bertz CT molecular complexity index is 964. The minimum atomic E-state index is -0.293. The van der Waals surface area contributed by atoms with Crippen molar-refractivity contribution in [2.75, 3.05) is 23.8 Å². The molecule has 1 saturated heterocycles. The summed E-state index contributed by atoms with van der Waals surface area (Å²) in [6.07, 6.45) is 4.03. The third-order valence-electron chi connectivity index (χ3n) is 4.49. The number of pyridine rings is 1. The number of nitrogens with one attached hydrogen (secondary N) is 2. The summed E-state index contributed by atoms with van der Waals surface area (Å²) in [7, 11) is 0. The summed E-state index contributed by atoms with van der Waals surface area (Å²) in [4.78, 5) is 25.7. The van der Waals surface area contributed by atoms with E-state index in [1.807, 2.05) is 30.3 Å². The van der Waals surface area contributed by atoms with Crippen LogP contribution in [0.3, 0.4) is 0 Å². The van der Waals surface area contributed by atoms with Gasteiger partial charge in [0.15, 0.2) is 0 Å². The van der Waals surface area contributed by atoms with Crippen LogP contribution in [0.5, 0.6) is 0 Å². The Morgan fingerprint density at radius 3 is 3.00 bits per heavy atom. The number of ether oxygens (including phenoxy) is 1. The highest BCUT2D eigenvalue weighted by Crippen LogP contribution is 2.21. The van der Waals surface area contributed by atoms with Gasteiger partial charge in [-0.3, -0.25) is 9.78 Å². The van der Waals surface area contributed by atoms with Crippen LogP contribution in [0.25, 0.3) is 10.9 Å². The van der Waals surface area contributed by atoms with Gasteiger partial charge in [-0.2, -0.15) is 0 Å². The third kappa shape index (κ3) is 4.03. The fourth-order valence-corrected chi connectivity index (χ4v) is 3.19. The Balaban J connectivity index is 1.52. The zero-order valence-electron chi connectivity index (χ0n) is 15.1. The summed E-state index contributed by atoms with van der Waals surface area (Å²) in [6, 6.07) is 11.2. The van der Waals surface area contributed by atoms with Crippen LogP contribution in [0.15, 0.2) is 42.6 Å². The zero-order valence-corrected chi connectivity index (χ0v) is 15.1. The lowest BCUT2D eigenvalue weighted by Gasteiger charge is -2.13. The molecule has 0 bridgehead atoms. The van der Waals surface area contributed by atoms with Crippen molar-refractivity contribution in [1.29, 1.82) is 0 Å². The molecule has 1 amide bonds. The van der Waals surface area contributed by atoms with Crippen molar-refractivity contribution in [1.82, 2.24) is 15.0 Å². The molecule has 138 valence electrons. The highest BCUT2D eigenvalue weighted by molar-refractivity contribution is 6.07. The van der Waals surface area contributed by atoms with E-state index < -0.39 is 0 Å². The summed E-state index contributed by atoms with van der Waals surface area (Å²) in [5.41, 5.74) is 1.71. The molecule has 27 heavy (non-hydrogen) atoms. The second-order valence-electron chi connectivity index (χ2n) is 6.54. The van der Waals surface area contributed by atoms with Crippen molar-refractivity contribution in [2.45, 2.75) is 25.9 Å². The Hall–Kier alpha value is -3.06. The number of nitrogens with zero attached hydrogens (tertiary/aromatic N) is 3. The number of aryl methyl sites for hydroxylation is 1. The van der Waals surface area contributed by atoms with Gasteiger partial charge in [-0.05, 0) is 31.9 Å². The Kier molecular flexibility index (Phi) is 4.93. The van der Waals surface area contributed by atoms with Gasteiger partial charge in [-0.25, -0.2) is 9.97 Å². The van der Waals surface area contributed by atoms with Crippen molar-refractivity contribution in [3.63, 3.8) is 0 Å². The summed E-state index contributed by atoms with van der Waals surface area (Å²) in [5.74, 6) is 0.867. The molecule has 0 spiro atoms. The molecular formula is C20H21N5O2. The molecule has 0 aliphatic carbocycles. The molecule has 1 aliphatic heterocycles. The van der Waals surface area contributed by atoms with E-state index >= 15 is 0 Å². The lowest BCUT2D eigenvalue weighted by atomic mass is 10.2. The van der Waals surface area contributed by atoms with Crippen LogP contribution in [0, 0.1) is 6.92 Å². The zero-order chi connectivity index (χ0) is 18.6. The number of amides is 1. The maximum atomic E-state index is 12.7. The van der Waals surface area contributed by atoms with E-state index in [2.05, 4.69) is 25.6 Å². The number of hydrogen-bond donors (Lipinski definition) is 2. The summed E-state index contributed by atoms with van der Waals surface area (Å²) in [6.45, 7) is 3.25. The fourth-order valence-electron chi connectivity index (χ4n) is 3.19. The van der Waals surface area contributed by atoms with Gasteiger partial charge in [0.1, 0.15) is 17.3 Å². The van der Waals surface area contributed by atoms with Gasteiger partial charge in [0.25, 0.3) is 5.91 Å².